The number of hydrogen-bond donors (Lipinski definition) is 0. The number of para-hydroxylation sites is 1. The molecule has 0 N–H and O–H groups in total. The summed E-state index contributed by atoms with van der Waals surface area (Å²) < 4.78 is 10.6. The molecule has 0 fully saturated rings. The molecule has 0 radical (unpaired) electrons. The van der Waals surface area contributed by atoms with Crippen LogP contribution in [0.5, 0.6) is 11.5 Å². The first-order valence-corrected chi connectivity index (χ1v) is 14.6. The lowest BCUT2D eigenvalue weighted by atomic mass is 9.41. The Labute approximate surface area is 253 Å². The van der Waals surface area contributed by atoms with Crippen LogP contribution in [0.15, 0.2) is 146 Å². The summed E-state index contributed by atoms with van der Waals surface area (Å²) in [6, 6.07) is 41.5. The fourth-order valence-electron chi connectivity index (χ4n) is 6.55. The van der Waals surface area contributed by atoms with Crippen LogP contribution in [0.3, 0.4) is 0 Å². The molecule has 6 nitrogen and oxygen atoms in total. The third kappa shape index (κ3) is 3.87. The molecule has 8 aromatic rings. The highest BCUT2D eigenvalue weighted by molar-refractivity contribution is 6.98. The van der Waals surface area contributed by atoms with E-state index in [0.29, 0.717) is 0 Å². The van der Waals surface area contributed by atoms with Crippen LogP contribution in [0, 0.1) is 0 Å². The van der Waals surface area contributed by atoms with E-state index >= 15 is 0 Å². The fraction of sp³-hybridized carbons (Fsp3) is 0. The molecule has 206 valence electrons. The van der Waals surface area contributed by atoms with Crippen LogP contribution in [-0.2, 0) is 0 Å². The minimum absolute atomic E-state index is 0.0717. The number of aromatic nitrogens is 5. The van der Waals surface area contributed by atoms with E-state index < -0.39 is 0 Å². The minimum Gasteiger partial charge on any atom is -0.457 e. The van der Waals surface area contributed by atoms with Gasteiger partial charge in [-0.05, 0) is 60.2 Å². The van der Waals surface area contributed by atoms with Crippen molar-refractivity contribution in [1.82, 2.24) is 24.3 Å². The summed E-state index contributed by atoms with van der Waals surface area (Å²) in [5.74, 6) is 2.37. The number of benzene rings is 4. The van der Waals surface area contributed by atoms with Crippen molar-refractivity contribution in [2.75, 3.05) is 0 Å². The second-order valence-electron chi connectivity index (χ2n) is 11.0. The topological polar surface area (TPSA) is 57.8 Å². The summed E-state index contributed by atoms with van der Waals surface area (Å²) in [5, 5.41) is 7.46. The van der Waals surface area contributed by atoms with E-state index in [9.17, 15) is 0 Å². The number of pyridine rings is 2. The van der Waals surface area contributed by atoms with Gasteiger partial charge in [-0.25, -0.2) is 9.67 Å². The SMILES string of the molecule is c1ccc(-n2c3ccccc3c3ccc(Oc4cccc(-n5cc6c(n5)B(c5ccncc5)c5ccccc5-6)c4)cc32)nc1. The van der Waals surface area contributed by atoms with Crippen molar-refractivity contribution >= 4 is 45.0 Å². The van der Waals surface area contributed by atoms with Crippen LogP contribution >= 0.6 is 0 Å². The Hall–Kier alpha value is -5.95. The Balaban J connectivity index is 1.10. The van der Waals surface area contributed by atoms with Crippen LogP contribution < -0.4 is 21.3 Å². The van der Waals surface area contributed by atoms with Crippen molar-refractivity contribution in [3.63, 3.8) is 0 Å². The predicted octanol–water partition coefficient (Wildman–Crippen LogP) is 6.05. The van der Waals surface area contributed by atoms with Crippen LogP contribution in [-0.4, -0.2) is 31.0 Å². The van der Waals surface area contributed by atoms with Gasteiger partial charge >= 0.3 is 0 Å². The molecule has 44 heavy (non-hydrogen) atoms. The summed E-state index contributed by atoms with van der Waals surface area (Å²) in [4.78, 5) is 8.88. The number of nitrogens with zero attached hydrogens (tertiary/aromatic N) is 5. The number of ether oxygens (including phenoxy) is 1. The fourth-order valence-corrected chi connectivity index (χ4v) is 6.55. The zero-order valence-electron chi connectivity index (χ0n) is 23.6. The third-order valence-corrected chi connectivity index (χ3v) is 8.46. The van der Waals surface area contributed by atoms with Crippen LogP contribution in [0.4, 0.5) is 0 Å². The van der Waals surface area contributed by atoms with Crippen molar-refractivity contribution in [3.8, 4) is 34.1 Å². The van der Waals surface area contributed by atoms with Gasteiger partial charge in [-0.1, -0.05) is 65.5 Å². The maximum Gasteiger partial charge on any atom is 0.269 e. The molecule has 0 aliphatic carbocycles. The molecule has 9 rings (SSSR count). The maximum absolute atomic E-state index is 6.48. The number of hydrogen-bond acceptors (Lipinski definition) is 4. The lowest BCUT2D eigenvalue weighted by Gasteiger charge is -2.11. The molecule has 4 aromatic carbocycles. The molecule has 0 saturated heterocycles. The second-order valence-corrected chi connectivity index (χ2v) is 11.0. The number of fused-ring (bicyclic) bond motifs is 6. The van der Waals surface area contributed by atoms with Crippen molar-refractivity contribution < 1.29 is 4.74 Å². The van der Waals surface area contributed by atoms with Crippen molar-refractivity contribution in [2.45, 2.75) is 0 Å². The van der Waals surface area contributed by atoms with Crippen LogP contribution in [0.1, 0.15) is 0 Å². The predicted molar refractivity (Wildman–Crippen MR) is 177 cm³/mol. The van der Waals surface area contributed by atoms with E-state index in [-0.39, 0.29) is 6.71 Å². The van der Waals surface area contributed by atoms with Gasteiger partial charge in [0.05, 0.1) is 16.7 Å². The van der Waals surface area contributed by atoms with E-state index in [1.54, 1.807) is 0 Å². The quantitative estimate of drug-likeness (QED) is 0.239. The Morgan fingerprint density at radius 1 is 0.614 bits per heavy atom. The summed E-state index contributed by atoms with van der Waals surface area (Å²) in [6.45, 7) is 0.0717. The van der Waals surface area contributed by atoms with Crippen molar-refractivity contribution in [3.05, 3.63) is 146 Å². The molecule has 1 aliphatic rings. The third-order valence-electron chi connectivity index (χ3n) is 8.46. The molecule has 0 unspecified atom stereocenters. The standard InChI is InChI=1S/C37H24BN5O/c1-3-12-33-29(10-1)32-24-42(41-37(32)38(33)25-17-20-39-21-18-25)26-8-7-9-27(22-26)44-28-15-16-31-30-11-2-4-13-34(30)43(35(31)23-28)36-14-5-6-19-40-36/h1-24H. The van der Waals surface area contributed by atoms with Gasteiger partial charge in [-0.15, -0.1) is 0 Å². The first kappa shape index (κ1) is 24.6. The molecular weight excluding hydrogens is 541 g/mol. The molecule has 5 heterocycles. The van der Waals surface area contributed by atoms with E-state index in [1.807, 2.05) is 65.7 Å². The average molecular weight is 565 g/mol. The monoisotopic (exact) mass is 565 g/mol. The van der Waals surface area contributed by atoms with E-state index in [2.05, 4.69) is 99.6 Å². The van der Waals surface area contributed by atoms with Crippen LogP contribution in [0.25, 0.3) is 44.4 Å². The largest absolute Gasteiger partial charge is 0.457 e. The van der Waals surface area contributed by atoms with Gasteiger partial charge in [0.1, 0.15) is 17.3 Å². The van der Waals surface area contributed by atoms with Crippen molar-refractivity contribution in [2.24, 2.45) is 0 Å². The van der Waals surface area contributed by atoms with Gasteiger partial charge < -0.3 is 4.74 Å². The maximum atomic E-state index is 6.48. The Morgan fingerprint density at radius 2 is 1.43 bits per heavy atom. The molecule has 0 atom stereocenters. The highest BCUT2D eigenvalue weighted by Crippen LogP contribution is 2.35. The average Bonchev–Trinajstić information content (AvgIpc) is 3.74. The van der Waals surface area contributed by atoms with Gasteiger partial charge in [0.15, 0.2) is 0 Å². The van der Waals surface area contributed by atoms with Crippen LogP contribution in [0.2, 0.25) is 0 Å². The second kappa shape index (κ2) is 9.82. The number of rotatable bonds is 5. The van der Waals surface area contributed by atoms with E-state index in [0.717, 1.165) is 50.6 Å². The highest BCUT2D eigenvalue weighted by Gasteiger charge is 2.36. The van der Waals surface area contributed by atoms with Crippen molar-refractivity contribution in [1.29, 1.82) is 0 Å². The molecule has 0 saturated carbocycles. The molecule has 0 spiro atoms. The van der Waals surface area contributed by atoms with Gasteiger partial charge in [0.25, 0.3) is 6.71 Å². The van der Waals surface area contributed by atoms with Gasteiger partial charge in [0, 0.05) is 58.8 Å². The minimum atomic E-state index is 0.0717. The van der Waals surface area contributed by atoms with Gasteiger partial charge in [0.2, 0.25) is 0 Å². The summed E-state index contributed by atoms with van der Waals surface area (Å²) in [7, 11) is 0. The lowest BCUT2D eigenvalue weighted by molar-refractivity contribution is 0.483. The molecule has 1 aliphatic heterocycles. The Kier molecular flexibility index (Phi) is 5.50. The summed E-state index contributed by atoms with van der Waals surface area (Å²) in [6.07, 6.45) is 7.65. The van der Waals surface area contributed by atoms with E-state index in [4.69, 9.17) is 9.84 Å². The highest BCUT2D eigenvalue weighted by atomic mass is 16.5. The normalized spacial score (nSPS) is 12.0. The van der Waals surface area contributed by atoms with Gasteiger partial charge in [-0.2, -0.15) is 5.10 Å². The molecule has 4 aromatic heterocycles. The Bertz CT molecular complexity index is 2330. The first-order chi connectivity index (χ1) is 21.8. The molecular formula is C37H24BN5O. The van der Waals surface area contributed by atoms with Gasteiger partial charge in [-0.3, -0.25) is 9.55 Å². The summed E-state index contributed by atoms with van der Waals surface area (Å²) >= 11 is 0. The first-order valence-electron chi connectivity index (χ1n) is 14.6. The molecule has 0 amide bonds. The zero-order chi connectivity index (χ0) is 29.0. The summed E-state index contributed by atoms with van der Waals surface area (Å²) in [5.41, 5.74) is 8.98. The van der Waals surface area contributed by atoms with E-state index in [1.165, 1.54) is 21.9 Å². The zero-order valence-corrected chi connectivity index (χ0v) is 23.6. The smallest absolute Gasteiger partial charge is 0.269 e. The Morgan fingerprint density at radius 3 is 2.34 bits per heavy atom. The molecule has 0 bridgehead atoms. The lowest BCUT2D eigenvalue weighted by Crippen LogP contribution is -2.50. The molecule has 7 heteroatoms.